The molecular weight excluding hydrogens is 488 g/mol. The third-order valence-electron chi connectivity index (χ3n) is 6.15. The molecule has 2 N–H and O–H groups in total. The zero-order valence-electron chi connectivity index (χ0n) is 21.1. The molecule has 4 rings (SSSR count). The zero-order chi connectivity index (χ0) is 27.1. The third kappa shape index (κ3) is 5.92. The second-order valence-corrected chi connectivity index (χ2v) is 8.57. The van der Waals surface area contributed by atoms with Crippen molar-refractivity contribution in [2.75, 3.05) is 42.8 Å². The van der Waals surface area contributed by atoms with Crippen LogP contribution in [0.3, 0.4) is 0 Å². The van der Waals surface area contributed by atoms with Crippen LogP contribution in [0.5, 0.6) is 11.5 Å². The van der Waals surface area contributed by atoms with Crippen molar-refractivity contribution in [2.45, 2.75) is 12.8 Å². The first-order chi connectivity index (χ1) is 18.4. The Hall–Kier alpha value is -4.86. The highest BCUT2D eigenvalue weighted by Gasteiger charge is 2.25. The molecule has 0 bridgehead atoms. The fraction of sp³-hybridized carbons (Fsp3) is 0.214. The van der Waals surface area contributed by atoms with Crippen molar-refractivity contribution in [1.82, 2.24) is 0 Å². The van der Waals surface area contributed by atoms with Crippen molar-refractivity contribution >= 4 is 40.6 Å². The number of nitro groups is 1. The van der Waals surface area contributed by atoms with Crippen LogP contribution in [-0.4, -0.2) is 44.0 Å². The Bertz CT molecular complexity index is 1320. The first-order valence-electron chi connectivity index (χ1n) is 12.0. The normalized spacial score (nSPS) is 12.4. The number of nitrogens with one attached hydrogen (secondary N) is 2. The van der Waals surface area contributed by atoms with Gasteiger partial charge in [-0.25, -0.2) is 0 Å². The molecule has 10 heteroatoms. The predicted molar refractivity (Wildman–Crippen MR) is 146 cm³/mol. The molecule has 0 unspecified atom stereocenters. The third-order valence-corrected chi connectivity index (χ3v) is 6.15. The number of ether oxygens (including phenoxy) is 2. The van der Waals surface area contributed by atoms with E-state index in [2.05, 4.69) is 10.6 Å². The lowest BCUT2D eigenvalue weighted by molar-refractivity contribution is -0.384. The van der Waals surface area contributed by atoms with Gasteiger partial charge in [-0.2, -0.15) is 0 Å². The quantitative estimate of drug-likeness (QED) is 0.137. The van der Waals surface area contributed by atoms with E-state index in [1.807, 2.05) is 4.90 Å². The highest BCUT2D eigenvalue weighted by molar-refractivity contribution is 6.29. The second kappa shape index (κ2) is 11.9. The van der Waals surface area contributed by atoms with Crippen molar-refractivity contribution in [2.24, 2.45) is 0 Å². The van der Waals surface area contributed by atoms with Gasteiger partial charge in [-0.15, -0.1) is 0 Å². The van der Waals surface area contributed by atoms with Crippen LogP contribution in [-0.2, 0) is 9.59 Å². The van der Waals surface area contributed by atoms with Gasteiger partial charge in [0.2, 0.25) is 0 Å². The molecule has 0 radical (unpaired) electrons. The highest BCUT2D eigenvalue weighted by atomic mass is 16.6. The van der Waals surface area contributed by atoms with E-state index >= 15 is 0 Å². The molecule has 3 aromatic carbocycles. The van der Waals surface area contributed by atoms with Crippen LogP contribution < -0.4 is 25.0 Å². The van der Waals surface area contributed by atoms with E-state index in [1.54, 1.807) is 60.7 Å². The van der Waals surface area contributed by atoms with E-state index in [4.69, 9.17) is 9.47 Å². The molecule has 1 aliphatic rings. The van der Waals surface area contributed by atoms with E-state index in [0.29, 0.717) is 34.1 Å². The highest BCUT2D eigenvalue weighted by Crippen LogP contribution is 2.33. The van der Waals surface area contributed by atoms with Crippen LogP contribution in [0.2, 0.25) is 0 Å². The van der Waals surface area contributed by atoms with Gasteiger partial charge < -0.3 is 25.0 Å². The number of para-hydroxylation sites is 4. The van der Waals surface area contributed by atoms with Crippen LogP contribution in [0.1, 0.15) is 18.4 Å². The fourth-order valence-electron chi connectivity index (χ4n) is 4.28. The Kier molecular flexibility index (Phi) is 8.22. The van der Waals surface area contributed by atoms with Gasteiger partial charge in [0, 0.05) is 19.2 Å². The van der Waals surface area contributed by atoms with Gasteiger partial charge in [0.1, 0.15) is 22.8 Å². The van der Waals surface area contributed by atoms with E-state index in [9.17, 15) is 19.7 Å². The summed E-state index contributed by atoms with van der Waals surface area (Å²) in [4.78, 5) is 40.2. The second-order valence-electron chi connectivity index (χ2n) is 8.57. The number of anilines is 3. The smallest absolute Gasteiger partial charge is 0.293 e. The summed E-state index contributed by atoms with van der Waals surface area (Å²) < 4.78 is 10.6. The summed E-state index contributed by atoms with van der Waals surface area (Å²) in [7, 11) is 2.94. The number of nitro benzene ring substituents is 1. The number of rotatable bonds is 9. The van der Waals surface area contributed by atoms with Crippen molar-refractivity contribution in [3.05, 3.63) is 88.0 Å². The Morgan fingerprint density at radius 2 is 1.39 bits per heavy atom. The maximum Gasteiger partial charge on any atom is 0.293 e. The molecule has 0 aliphatic carbocycles. The number of hydrogen-bond donors (Lipinski definition) is 2. The van der Waals surface area contributed by atoms with Crippen molar-refractivity contribution in [3.63, 3.8) is 0 Å². The molecule has 1 heterocycles. The fourth-order valence-corrected chi connectivity index (χ4v) is 4.28. The number of methoxy groups -OCH3 is 2. The van der Waals surface area contributed by atoms with E-state index in [0.717, 1.165) is 25.9 Å². The standard InChI is InChI=1S/C28H28N4O6/c1-37-25-11-5-3-9-21(25)29-27(33)20(28(34)30-22-10-4-6-12-26(22)38-2)17-19-13-14-23(24(18-19)32(35)36)31-15-7-8-16-31/h3-6,9-14,17-18H,7-8,15-16H2,1-2H3,(H,29,33)(H,30,34). The van der Waals surface area contributed by atoms with Gasteiger partial charge >= 0.3 is 0 Å². The monoisotopic (exact) mass is 516 g/mol. The zero-order valence-corrected chi connectivity index (χ0v) is 21.1. The molecule has 196 valence electrons. The van der Waals surface area contributed by atoms with Gasteiger partial charge in [0.25, 0.3) is 17.5 Å². The average molecular weight is 517 g/mol. The Morgan fingerprint density at radius 3 is 1.89 bits per heavy atom. The van der Waals surface area contributed by atoms with Gasteiger partial charge in [0.05, 0.1) is 30.5 Å². The van der Waals surface area contributed by atoms with Crippen LogP contribution >= 0.6 is 0 Å². The van der Waals surface area contributed by atoms with Gasteiger partial charge in [-0.05, 0) is 54.8 Å². The summed E-state index contributed by atoms with van der Waals surface area (Å²) >= 11 is 0. The molecule has 1 fully saturated rings. The summed E-state index contributed by atoms with van der Waals surface area (Å²) in [5.74, 6) is -0.603. The van der Waals surface area contributed by atoms with Crippen LogP contribution in [0.25, 0.3) is 6.08 Å². The van der Waals surface area contributed by atoms with Crippen LogP contribution in [0.4, 0.5) is 22.7 Å². The van der Waals surface area contributed by atoms with Crippen molar-refractivity contribution in [3.8, 4) is 11.5 Å². The lowest BCUT2D eigenvalue weighted by Crippen LogP contribution is -2.25. The average Bonchev–Trinajstić information content (AvgIpc) is 3.47. The maximum absolute atomic E-state index is 13.4. The number of nitrogens with zero attached hydrogens (tertiary/aromatic N) is 2. The maximum atomic E-state index is 13.4. The number of benzene rings is 3. The largest absolute Gasteiger partial charge is 0.495 e. The molecule has 38 heavy (non-hydrogen) atoms. The van der Waals surface area contributed by atoms with Crippen molar-refractivity contribution in [1.29, 1.82) is 0 Å². The molecule has 0 aromatic heterocycles. The van der Waals surface area contributed by atoms with Crippen molar-refractivity contribution < 1.29 is 24.0 Å². The SMILES string of the molecule is COc1ccccc1NC(=O)C(=Cc1ccc(N2CCCC2)c([N+](=O)[O-])c1)C(=O)Nc1ccccc1OC. The molecule has 1 aliphatic heterocycles. The van der Waals surface area contributed by atoms with Gasteiger partial charge in [-0.1, -0.05) is 30.3 Å². The predicted octanol–water partition coefficient (Wildman–Crippen LogP) is 4.87. The summed E-state index contributed by atoms with van der Waals surface area (Å²) in [6.07, 6.45) is 3.26. The molecular formula is C28H28N4O6. The van der Waals surface area contributed by atoms with Gasteiger partial charge in [-0.3, -0.25) is 19.7 Å². The topological polar surface area (TPSA) is 123 Å². The molecule has 0 saturated carbocycles. The minimum atomic E-state index is -0.715. The lowest BCUT2D eigenvalue weighted by atomic mass is 10.1. The minimum Gasteiger partial charge on any atom is -0.495 e. The molecule has 2 amide bonds. The molecule has 0 atom stereocenters. The molecule has 0 spiro atoms. The minimum absolute atomic E-state index is 0.0877. The summed E-state index contributed by atoms with van der Waals surface area (Å²) in [5, 5.41) is 17.3. The lowest BCUT2D eigenvalue weighted by Gasteiger charge is -2.18. The Morgan fingerprint density at radius 1 is 0.868 bits per heavy atom. The van der Waals surface area contributed by atoms with Crippen LogP contribution in [0, 0.1) is 10.1 Å². The first-order valence-corrected chi connectivity index (χ1v) is 12.0. The summed E-state index contributed by atoms with van der Waals surface area (Å²) in [5.41, 5.74) is 1.24. The summed E-state index contributed by atoms with van der Waals surface area (Å²) in [6.45, 7) is 1.48. The Labute approximate surface area is 220 Å². The number of hydrogen-bond acceptors (Lipinski definition) is 7. The van der Waals surface area contributed by atoms with E-state index in [-0.39, 0.29) is 11.3 Å². The first kappa shape index (κ1) is 26.2. The Balaban J connectivity index is 1.73. The molecule has 1 saturated heterocycles. The molecule has 3 aromatic rings. The molecule has 10 nitrogen and oxygen atoms in total. The van der Waals surface area contributed by atoms with Gasteiger partial charge in [0.15, 0.2) is 0 Å². The number of carbonyl (C=O) groups is 2. The van der Waals surface area contributed by atoms with Crippen LogP contribution in [0.15, 0.2) is 72.3 Å². The van der Waals surface area contributed by atoms with E-state index < -0.39 is 16.7 Å². The van der Waals surface area contributed by atoms with E-state index in [1.165, 1.54) is 26.4 Å². The number of amides is 2. The summed E-state index contributed by atoms with van der Waals surface area (Å²) in [6, 6.07) is 18.3. The number of carbonyl (C=O) groups excluding carboxylic acids is 2.